The molecule has 0 spiro atoms. The van der Waals surface area contributed by atoms with Gasteiger partial charge in [0.05, 0.1) is 17.2 Å². The molecule has 0 radical (unpaired) electrons. The number of hydrogen-bond acceptors (Lipinski definition) is 3. The Morgan fingerprint density at radius 2 is 2.19 bits per heavy atom. The van der Waals surface area contributed by atoms with Crippen LogP contribution >= 0.6 is 11.6 Å². The molecular weight excluding hydrogens is 228 g/mol. The van der Waals surface area contributed by atoms with Gasteiger partial charge >= 0.3 is 0 Å². The van der Waals surface area contributed by atoms with E-state index in [9.17, 15) is 4.79 Å². The number of halogens is 1. The Balaban J connectivity index is 2.27. The van der Waals surface area contributed by atoms with Gasteiger partial charge in [0.25, 0.3) is 5.91 Å². The molecule has 1 aliphatic rings. The lowest BCUT2D eigenvalue weighted by Crippen LogP contribution is -2.14. The third-order valence-corrected chi connectivity index (χ3v) is 2.77. The number of carbonyl (C=O) groups excluding carboxylic acids is 1. The topological polar surface area (TPSA) is 78.3 Å². The summed E-state index contributed by atoms with van der Waals surface area (Å²) >= 11 is 5.97. The maximum Gasteiger partial charge on any atom is 0.252 e. The van der Waals surface area contributed by atoms with Crippen molar-refractivity contribution in [1.82, 2.24) is 0 Å². The average Bonchev–Trinajstić information content (AvgIpc) is 2.98. The molecule has 0 bridgehead atoms. The van der Waals surface area contributed by atoms with Gasteiger partial charge in [-0.2, -0.15) is 0 Å². The summed E-state index contributed by atoms with van der Waals surface area (Å²) in [6, 6.07) is 3.03. The van der Waals surface area contributed by atoms with Crippen LogP contribution in [0.25, 0.3) is 0 Å². The highest BCUT2D eigenvalue weighted by Gasteiger charge is 2.24. The lowest BCUT2D eigenvalue weighted by molar-refractivity contribution is 0.0996. The van der Waals surface area contributed by atoms with Crippen LogP contribution in [-0.2, 0) is 0 Å². The van der Waals surface area contributed by atoms with Gasteiger partial charge in [0, 0.05) is 5.69 Å². The summed E-state index contributed by atoms with van der Waals surface area (Å²) in [4.78, 5) is 11.2. The van der Waals surface area contributed by atoms with Crippen LogP contribution in [0.15, 0.2) is 12.1 Å². The molecule has 1 aromatic rings. The number of rotatable bonds is 4. The maximum atomic E-state index is 11.2. The van der Waals surface area contributed by atoms with Gasteiger partial charge in [-0.05, 0) is 30.9 Å². The summed E-state index contributed by atoms with van der Waals surface area (Å²) in [6.45, 7) is 0.573. The largest absolute Gasteiger partial charge is 0.491 e. The molecule has 2 rings (SSSR count). The standard InChI is InChI=1S/C11H13ClN2O2/c12-9-4-7(13)3-8(11(14)15)10(9)16-5-6-1-2-6/h3-4,6H,1-2,5,13H2,(H2,14,15). The number of hydrogen-bond donors (Lipinski definition) is 2. The van der Waals surface area contributed by atoms with Crippen molar-refractivity contribution in [3.8, 4) is 5.75 Å². The van der Waals surface area contributed by atoms with Crippen LogP contribution in [0.5, 0.6) is 5.75 Å². The zero-order valence-corrected chi connectivity index (χ0v) is 9.46. The van der Waals surface area contributed by atoms with Crippen LogP contribution in [0.1, 0.15) is 23.2 Å². The molecule has 1 aliphatic carbocycles. The van der Waals surface area contributed by atoms with Crippen LogP contribution in [0.4, 0.5) is 5.69 Å². The normalized spacial score (nSPS) is 14.8. The van der Waals surface area contributed by atoms with Gasteiger partial charge in [-0.3, -0.25) is 4.79 Å². The van der Waals surface area contributed by atoms with Crippen molar-refractivity contribution in [2.24, 2.45) is 11.7 Å². The summed E-state index contributed by atoms with van der Waals surface area (Å²) in [5, 5.41) is 0.328. The van der Waals surface area contributed by atoms with Crippen molar-refractivity contribution < 1.29 is 9.53 Å². The van der Waals surface area contributed by atoms with E-state index in [0.717, 1.165) is 0 Å². The molecule has 0 heterocycles. The third kappa shape index (κ3) is 2.39. The highest BCUT2D eigenvalue weighted by molar-refractivity contribution is 6.33. The average molecular weight is 241 g/mol. The quantitative estimate of drug-likeness (QED) is 0.788. The fourth-order valence-corrected chi connectivity index (χ4v) is 1.71. The zero-order valence-electron chi connectivity index (χ0n) is 8.70. The summed E-state index contributed by atoms with van der Waals surface area (Å²) < 4.78 is 5.52. The van der Waals surface area contributed by atoms with Crippen molar-refractivity contribution in [2.45, 2.75) is 12.8 Å². The molecule has 0 unspecified atom stereocenters. The van der Waals surface area contributed by atoms with E-state index < -0.39 is 5.91 Å². The summed E-state index contributed by atoms with van der Waals surface area (Å²) in [6.07, 6.45) is 2.33. The molecule has 0 saturated heterocycles. The Morgan fingerprint density at radius 3 is 2.75 bits per heavy atom. The molecule has 1 amide bonds. The van der Waals surface area contributed by atoms with E-state index in [1.165, 1.54) is 18.9 Å². The molecule has 86 valence electrons. The first-order valence-corrected chi connectivity index (χ1v) is 5.47. The van der Waals surface area contributed by atoms with Gasteiger partial charge in [-0.1, -0.05) is 11.6 Å². The second-order valence-corrected chi connectivity index (χ2v) is 4.41. The number of primary amides is 1. The molecule has 4 N–H and O–H groups in total. The van der Waals surface area contributed by atoms with Crippen LogP contribution < -0.4 is 16.2 Å². The molecule has 4 nitrogen and oxygen atoms in total. The number of carbonyl (C=O) groups is 1. The third-order valence-electron chi connectivity index (χ3n) is 2.49. The van der Waals surface area contributed by atoms with E-state index in [4.69, 9.17) is 27.8 Å². The fourth-order valence-electron chi connectivity index (χ4n) is 1.43. The Kier molecular flexibility index (Phi) is 2.92. The monoisotopic (exact) mass is 240 g/mol. The first-order chi connectivity index (χ1) is 7.58. The second-order valence-electron chi connectivity index (χ2n) is 4.00. The molecule has 1 fully saturated rings. The lowest BCUT2D eigenvalue weighted by atomic mass is 10.1. The van der Waals surface area contributed by atoms with Gasteiger partial charge in [0.1, 0.15) is 0 Å². The highest BCUT2D eigenvalue weighted by Crippen LogP contribution is 2.34. The molecule has 16 heavy (non-hydrogen) atoms. The lowest BCUT2D eigenvalue weighted by Gasteiger charge is -2.11. The Hall–Kier alpha value is -1.42. The number of amides is 1. The van der Waals surface area contributed by atoms with Crippen LogP contribution in [-0.4, -0.2) is 12.5 Å². The molecule has 5 heteroatoms. The molecule has 0 atom stereocenters. The minimum atomic E-state index is -0.583. The number of anilines is 1. The van der Waals surface area contributed by atoms with Gasteiger partial charge in [0.15, 0.2) is 5.75 Å². The van der Waals surface area contributed by atoms with Gasteiger partial charge < -0.3 is 16.2 Å². The Labute approximate surface area is 98.5 Å². The highest BCUT2D eigenvalue weighted by atomic mass is 35.5. The molecule has 1 aromatic carbocycles. The van der Waals surface area contributed by atoms with Crippen molar-refractivity contribution in [3.05, 3.63) is 22.7 Å². The number of ether oxygens (including phenoxy) is 1. The molecular formula is C11H13ClN2O2. The fraction of sp³-hybridized carbons (Fsp3) is 0.364. The first-order valence-electron chi connectivity index (χ1n) is 5.09. The van der Waals surface area contributed by atoms with Crippen LogP contribution in [0, 0.1) is 5.92 Å². The van der Waals surface area contributed by atoms with Crippen molar-refractivity contribution in [1.29, 1.82) is 0 Å². The van der Waals surface area contributed by atoms with Crippen LogP contribution in [0.2, 0.25) is 5.02 Å². The van der Waals surface area contributed by atoms with Gasteiger partial charge in [-0.15, -0.1) is 0 Å². The van der Waals surface area contributed by atoms with E-state index >= 15 is 0 Å². The minimum Gasteiger partial charge on any atom is -0.491 e. The minimum absolute atomic E-state index is 0.241. The summed E-state index contributed by atoms with van der Waals surface area (Å²) in [7, 11) is 0. The smallest absolute Gasteiger partial charge is 0.252 e. The van der Waals surface area contributed by atoms with Gasteiger partial charge in [0.2, 0.25) is 0 Å². The predicted octanol–water partition coefficient (Wildman–Crippen LogP) is 1.81. The van der Waals surface area contributed by atoms with E-state index in [-0.39, 0.29) is 5.56 Å². The molecule has 0 aromatic heterocycles. The van der Waals surface area contributed by atoms with Gasteiger partial charge in [-0.25, -0.2) is 0 Å². The maximum absolute atomic E-state index is 11.2. The predicted molar refractivity (Wildman–Crippen MR) is 62.6 cm³/mol. The number of nitrogens with two attached hydrogens (primary N) is 2. The Morgan fingerprint density at radius 1 is 1.50 bits per heavy atom. The zero-order chi connectivity index (χ0) is 11.7. The number of benzene rings is 1. The van der Waals surface area contributed by atoms with E-state index in [0.29, 0.717) is 29.0 Å². The van der Waals surface area contributed by atoms with E-state index in [1.54, 1.807) is 6.07 Å². The van der Waals surface area contributed by atoms with E-state index in [2.05, 4.69) is 0 Å². The molecule has 0 aliphatic heterocycles. The Bertz CT molecular complexity index is 430. The summed E-state index contributed by atoms with van der Waals surface area (Å²) in [5.41, 5.74) is 11.5. The van der Waals surface area contributed by atoms with Crippen LogP contribution in [0.3, 0.4) is 0 Å². The molecule has 1 saturated carbocycles. The van der Waals surface area contributed by atoms with Crippen molar-refractivity contribution >= 4 is 23.2 Å². The van der Waals surface area contributed by atoms with Crippen molar-refractivity contribution in [3.63, 3.8) is 0 Å². The van der Waals surface area contributed by atoms with E-state index in [1.807, 2.05) is 0 Å². The SMILES string of the molecule is NC(=O)c1cc(N)cc(Cl)c1OCC1CC1. The van der Waals surface area contributed by atoms with Crippen molar-refractivity contribution in [2.75, 3.05) is 12.3 Å². The number of nitrogen functional groups attached to an aromatic ring is 1. The second kappa shape index (κ2) is 4.22. The summed E-state index contributed by atoms with van der Waals surface area (Å²) in [5.74, 6) is 0.338. The first kappa shape index (κ1) is 11.1.